The number of hydrogen-bond donors (Lipinski definition) is 2. The molecule has 1 atom stereocenters. The maximum Gasteiger partial charge on any atom is 0.161 e. The summed E-state index contributed by atoms with van der Waals surface area (Å²) in [6, 6.07) is 5.37. The second kappa shape index (κ2) is 5.18. The highest BCUT2D eigenvalue weighted by Gasteiger charge is 2.23. The minimum Gasteiger partial charge on any atom is -0.493 e. The zero-order valence-electron chi connectivity index (χ0n) is 9.99. The second-order valence-electron chi connectivity index (χ2n) is 3.88. The first-order valence-electron chi connectivity index (χ1n) is 5.20. The molecule has 0 radical (unpaired) electrons. The van der Waals surface area contributed by atoms with E-state index in [-0.39, 0.29) is 0 Å². The smallest absolute Gasteiger partial charge is 0.161 e. The highest BCUT2D eigenvalue weighted by atomic mass is 16.5. The molecule has 1 aromatic rings. The van der Waals surface area contributed by atoms with Gasteiger partial charge in [-0.05, 0) is 37.6 Å². The van der Waals surface area contributed by atoms with Gasteiger partial charge in [-0.1, -0.05) is 6.07 Å². The summed E-state index contributed by atoms with van der Waals surface area (Å²) in [4.78, 5) is 0. The molecule has 0 saturated carbocycles. The van der Waals surface area contributed by atoms with E-state index in [2.05, 4.69) is 0 Å². The Bertz CT molecular complexity index is 350. The SMILES string of the molecule is COc1ccc(C(C)(O)CCN)cc1OC. The molecule has 3 N–H and O–H groups in total. The first-order chi connectivity index (χ1) is 7.55. The lowest BCUT2D eigenvalue weighted by Gasteiger charge is -2.24. The molecular formula is C12H19NO3. The Kier molecular flexibility index (Phi) is 4.15. The summed E-state index contributed by atoms with van der Waals surface area (Å²) in [6.45, 7) is 2.17. The average Bonchev–Trinajstić information content (AvgIpc) is 2.28. The third-order valence-electron chi connectivity index (χ3n) is 2.64. The Morgan fingerprint density at radius 1 is 1.25 bits per heavy atom. The van der Waals surface area contributed by atoms with Crippen LogP contribution in [-0.2, 0) is 5.60 Å². The largest absolute Gasteiger partial charge is 0.493 e. The summed E-state index contributed by atoms with van der Waals surface area (Å²) in [5.74, 6) is 1.26. The monoisotopic (exact) mass is 225 g/mol. The summed E-state index contributed by atoms with van der Waals surface area (Å²) in [5, 5.41) is 10.2. The second-order valence-corrected chi connectivity index (χ2v) is 3.88. The van der Waals surface area contributed by atoms with E-state index in [1.54, 1.807) is 33.3 Å². The molecule has 0 fully saturated rings. The molecule has 1 rings (SSSR count). The highest BCUT2D eigenvalue weighted by molar-refractivity contribution is 5.44. The lowest BCUT2D eigenvalue weighted by atomic mass is 9.92. The summed E-state index contributed by atoms with van der Waals surface area (Å²) in [6.07, 6.45) is 0.502. The quantitative estimate of drug-likeness (QED) is 0.791. The third kappa shape index (κ3) is 2.65. The van der Waals surface area contributed by atoms with Crippen molar-refractivity contribution >= 4 is 0 Å². The van der Waals surface area contributed by atoms with Crippen molar-refractivity contribution < 1.29 is 14.6 Å². The minimum atomic E-state index is -0.936. The van der Waals surface area contributed by atoms with Crippen LogP contribution >= 0.6 is 0 Å². The van der Waals surface area contributed by atoms with Gasteiger partial charge in [0.05, 0.1) is 19.8 Å². The van der Waals surface area contributed by atoms with Crippen molar-refractivity contribution in [3.63, 3.8) is 0 Å². The third-order valence-corrected chi connectivity index (χ3v) is 2.64. The molecule has 4 heteroatoms. The Morgan fingerprint density at radius 2 is 1.88 bits per heavy atom. The van der Waals surface area contributed by atoms with Gasteiger partial charge < -0.3 is 20.3 Å². The minimum absolute atomic E-state index is 0.432. The van der Waals surface area contributed by atoms with E-state index in [0.29, 0.717) is 24.5 Å². The van der Waals surface area contributed by atoms with E-state index in [9.17, 15) is 5.11 Å². The number of aliphatic hydroxyl groups is 1. The van der Waals surface area contributed by atoms with Crippen LogP contribution in [0.15, 0.2) is 18.2 Å². The van der Waals surface area contributed by atoms with Crippen molar-refractivity contribution in [2.75, 3.05) is 20.8 Å². The molecule has 0 bridgehead atoms. The topological polar surface area (TPSA) is 64.7 Å². The molecule has 4 nitrogen and oxygen atoms in total. The van der Waals surface area contributed by atoms with Gasteiger partial charge in [-0.2, -0.15) is 0 Å². The lowest BCUT2D eigenvalue weighted by Crippen LogP contribution is -2.24. The summed E-state index contributed by atoms with van der Waals surface area (Å²) in [5.41, 5.74) is 5.30. The number of rotatable bonds is 5. The van der Waals surface area contributed by atoms with Gasteiger partial charge in [0.25, 0.3) is 0 Å². The van der Waals surface area contributed by atoms with E-state index in [1.165, 1.54) is 0 Å². The molecule has 0 aliphatic heterocycles. The number of benzene rings is 1. The summed E-state index contributed by atoms with van der Waals surface area (Å²) < 4.78 is 10.3. The molecule has 0 aliphatic rings. The van der Waals surface area contributed by atoms with Crippen molar-refractivity contribution in [1.29, 1.82) is 0 Å². The number of methoxy groups -OCH3 is 2. The summed E-state index contributed by atoms with van der Waals surface area (Å²) >= 11 is 0. The van der Waals surface area contributed by atoms with E-state index in [0.717, 1.165) is 5.56 Å². The highest BCUT2D eigenvalue weighted by Crippen LogP contribution is 2.33. The zero-order valence-corrected chi connectivity index (χ0v) is 9.99. The van der Waals surface area contributed by atoms with Crippen LogP contribution in [-0.4, -0.2) is 25.9 Å². The van der Waals surface area contributed by atoms with Crippen LogP contribution in [0.25, 0.3) is 0 Å². The average molecular weight is 225 g/mol. The van der Waals surface area contributed by atoms with Crippen LogP contribution in [0.5, 0.6) is 11.5 Å². The molecule has 90 valence electrons. The fourth-order valence-electron chi connectivity index (χ4n) is 1.60. The van der Waals surface area contributed by atoms with Crippen LogP contribution < -0.4 is 15.2 Å². The lowest BCUT2D eigenvalue weighted by molar-refractivity contribution is 0.0501. The molecule has 0 heterocycles. The molecule has 1 aromatic carbocycles. The van der Waals surface area contributed by atoms with Crippen LogP contribution in [0, 0.1) is 0 Å². The molecule has 16 heavy (non-hydrogen) atoms. The van der Waals surface area contributed by atoms with E-state index in [4.69, 9.17) is 15.2 Å². The molecule has 0 aromatic heterocycles. The van der Waals surface area contributed by atoms with Crippen molar-refractivity contribution in [3.05, 3.63) is 23.8 Å². The van der Waals surface area contributed by atoms with Crippen LogP contribution in [0.1, 0.15) is 18.9 Å². The van der Waals surface area contributed by atoms with Crippen molar-refractivity contribution in [2.24, 2.45) is 5.73 Å². The zero-order chi connectivity index (χ0) is 12.2. The first kappa shape index (κ1) is 12.8. The number of ether oxygens (including phenoxy) is 2. The fourth-order valence-corrected chi connectivity index (χ4v) is 1.60. The van der Waals surface area contributed by atoms with E-state index < -0.39 is 5.60 Å². The van der Waals surface area contributed by atoms with Gasteiger partial charge in [0.1, 0.15) is 0 Å². The normalized spacial score (nSPS) is 14.3. The van der Waals surface area contributed by atoms with E-state index in [1.807, 2.05) is 6.07 Å². The Balaban J connectivity index is 3.07. The number of hydrogen-bond acceptors (Lipinski definition) is 4. The van der Waals surface area contributed by atoms with Gasteiger partial charge in [0.15, 0.2) is 11.5 Å². The Hall–Kier alpha value is -1.26. The van der Waals surface area contributed by atoms with Crippen LogP contribution in [0.2, 0.25) is 0 Å². The molecule has 1 unspecified atom stereocenters. The van der Waals surface area contributed by atoms with Gasteiger partial charge >= 0.3 is 0 Å². The predicted molar refractivity (Wildman–Crippen MR) is 62.8 cm³/mol. The van der Waals surface area contributed by atoms with Crippen molar-refractivity contribution in [1.82, 2.24) is 0 Å². The van der Waals surface area contributed by atoms with Crippen molar-refractivity contribution in [3.8, 4) is 11.5 Å². The van der Waals surface area contributed by atoms with Crippen LogP contribution in [0.3, 0.4) is 0 Å². The maximum absolute atomic E-state index is 10.2. The Morgan fingerprint density at radius 3 is 2.38 bits per heavy atom. The fraction of sp³-hybridized carbons (Fsp3) is 0.500. The standard InChI is InChI=1S/C12H19NO3/c1-12(14,6-7-13)9-4-5-10(15-2)11(8-9)16-3/h4-5,8,14H,6-7,13H2,1-3H3. The maximum atomic E-state index is 10.2. The molecular weight excluding hydrogens is 206 g/mol. The molecule has 0 spiro atoms. The van der Waals surface area contributed by atoms with Gasteiger partial charge in [-0.25, -0.2) is 0 Å². The van der Waals surface area contributed by atoms with Crippen LogP contribution in [0.4, 0.5) is 0 Å². The molecule has 0 amide bonds. The Labute approximate surface area is 96.0 Å². The van der Waals surface area contributed by atoms with Gasteiger partial charge in [-0.15, -0.1) is 0 Å². The van der Waals surface area contributed by atoms with Gasteiger partial charge in [0.2, 0.25) is 0 Å². The van der Waals surface area contributed by atoms with E-state index >= 15 is 0 Å². The van der Waals surface area contributed by atoms with Gasteiger partial charge in [0, 0.05) is 0 Å². The molecule has 0 saturated heterocycles. The van der Waals surface area contributed by atoms with Crippen molar-refractivity contribution in [2.45, 2.75) is 18.9 Å². The summed E-state index contributed by atoms with van der Waals surface area (Å²) in [7, 11) is 3.15. The predicted octanol–water partition coefficient (Wildman–Crippen LogP) is 1.26. The van der Waals surface area contributed by atoms with Gasteiger partial charge in [-0.3, -0.25) is 0 Å². The molecule has 0 aliphatic carbocycles. The first-order valence-corrected chi connectivity index (χ1v) is 5.20. The number of nitrogens with two attached hydrogens (primary N) is 1.